The van der Waals surface area contributed by atoms with Crippen molar-refractivity contribution in [2.24, 2.45) is 0 Å². The summed E-state index contributed by atoms with van der Waals surface area (Å²) in [5, 5.41) is 6.32. The van der Waals surface area contributed by atoms with E-state index in [-0.39, 0.29) is 11.0 Å². The van der Waals surface area contributed by atoms with Gasteiger partial charge >= 0.3 is 0 Å². The lowest BCUT2D eigenvalue weighted by molar-refractivity contribution is 0.0976. The summed E-state index contributed by atoms with van der Waals surface area (Å²) in [5.74, 6) is 1.41. The molecule has 0 spiro atoms. The Bertz CT molecular complexity index is 1160. The molecular formula is C25H24BrClN2O4S. The summed E-state index contributed by atoms with van der Waals surface area (Å²) in [6.07, 6.45) is 0.791. The average molecular weight is 564 g/mol. The number of hydrogen-bond acceptors (Lipinski definition) is 5. The van der Waals surface area contributed by atoms with Crippen LogP contribution in [0, 0.1) is 0 Å². The van der Waals surface area contributed by atoms with E-state index in [0.29, 0.717) is 45.5 Å². The van der Waals surface area contributed by atoms with Gasteiger partial charge in [-0.3, -0.25) is 10.1 Å². The fourth-order valence-corrected chi connectivity index (χ4v) is 3.99. The van der Waals surface area contributed by atoms with E-state index >= 15 is 0 Å². The second-order valence-electron chi connectivity index (χ2n) is 7.16. The number of benzene rings is 3. The number of amides is 1. The first-order chi connectivity index (χ1) is 16.4. The van der Waals surface area contributed by atoms with Gasteiger partial charge in [0.15, 0.2) is 16.6 Å². The van der Waals surface area contributed by atoms with Crippen LogP contribution in [-0.4, -0.2) is 31.8 Å². The normalized spacial score (nSPS) is 10.4. The highest BCUT2D eigenvalue weighted by molar-refractivity contribution is 9.10. The van der Waals surface area contributed by atoms with Gasteiger partial charge in [-0.15, -0.1) is 0 Å². The Morgan fingerprint density at radius 3 is 2.38 bits per heavy atom. The second kappa shape index (κ2) is 12.6. The predicted molar refractivity (Wildman–Crippen MR) is 141 cm³/mol. The van der Waals surface area contributed by atoms with Gasteiger partial charge in [0.25, 0.3) is 5.91 Å². The first-order valence-electron chi connectivity index (χ1n) is 10.4. The highest BCUT2D eigenvalue weighted by atomic mass is 79.9. The largest absolute Gasteiger partial charge is 0.493 e. The van der Waals surface area contributed by atoms with Crippen molar-refractivity contribution in [3.8, 4) is 17.2 Å². The van der Waals surface area contributed by atoms with E-state index in [0.717, 1.165) is 12.0 Å². The topological polar surface area (TPSA) is 68.8 Å². The van der Waals surface area contributed by atoms with E-state index in [4.69, 9.17) is 38.0 Å². The highest BCUT2D eigenvalue weighted by Crippen LogP contribution is 2.33. The van der Waals surface area contributed by atoms with Crippen LogP contribution in [0.15, 0.2) is 65.1 Å². The minimum Gasteiger partial charge on any atom is -0.493 e. The maximum absolute atomic E-state index is 12.6. The number of ether oxygens (including phenoxy) is 3. The summed E-state index contributed by atoms with van der Waals surface area (Å²) in [6.45, 7) is 0.830. The Morgan fingerprint density at radius 2 is 1.71 bits per heavy atom. The molecule has 0 fully saturated rings. The molecule has 0 aliphatic heterocycles. The lowest BCUT2D eigenvalue weighted by atomic mass is 10.2. The summed E-state index contributed by atoms with van der Waals surface area (Å²) < 4.78 is 17.1. The zero-order valence-electron chi connectivity index (χ0n) is 18.7. The van der Waals surface area contributed by atoms with Crippen LogP contribution in [-0.2, 0) is 13.0 Å². The molecule has 1 amide bonds. The Hall–Kier alpha value is -2.81. The minimum atomic E-state index is -0.340. The van der Waals surface area contributed by atoms with Gasteiger partial charge in [-0.25, -0.2) is 0 Å². The smallest absolute Gasteiger partial charge is 0.257 e. The predicted octanol–water partition coefficient (Wildman–Crippen LogP) is 5.55. The van der Waals surface area contributed by atoms with E-state index in [2.05, 4.69) is 38.7 Å². The van der Waals surface area contributed by atoms with Crippen LogP contribution in [0.3, 0.4) is 0 Å². The fourth-order valence-electron chi connectivity index (χ4n) is 3.11. The number of rotatable bonds is 9. The lowest BCUT2D eigenvalue weighted by Crippen LogP contribution is -2.38. The zero-order chi connectivity index (χ0) is 24.5. The molecule has 0 radical (unpaired) electrons. The fraction of sp³-hybridized carbons (Fsp3) is 0.200. The number of carbonyl (C=O) groups excluding carboxylic acids is 1. The third-order valence-electron chi connectivity index (χ3n) is 4.90. The summed E-state index contributed by atoms with van der Waals surface area (Å²) in [5.41, 5.74) is 2.39. The van der Waals surface area contributed by atoms with Crippen molar-refractivity contribution in [3.05, 3.63) is 86.8 Å². The number of methoxy groups -OCH3 is 2. The van der Waals surface area contributed by atoms with Gasteiger partial charge in [-0.05, 0) is 63.5 Å². The van der Waals surface area contributed by atoms with E-state index in [1.54, 1.807) is 44.6 Å². The molecule has 0 bridgehead atoms. The van der Waals surface area contributed by atoms with E-state index < -0.39 is 0 Å². The Labute approximate surface area is 217 Å². The SMILES string of the molecule is COc1cc(Cl)c(CNC(=S)NC(=O)c2ccc(OCCc3ccccc3)c(Br)c2)cc1OC. The van der Waals surface area contributed by atoms with E-state index in [9.17, 15) is 4.79 Å². The lowest BCUT2D eigenvalue weighted by Gasteiger charge is -2.14. The van der Waals surface area contributed by atoms with E-state index in [1.165, 1.54) is 5.56 Å². The summed E-state index contributed by atoms with van der Waals surface area (Å²) >= 11 is 15.0. The second-order valence-corrected chi connectivity index (χ2v) is 8.83. The molecule has 0 aromatic heterocycles. The number of thiocarbonyl (C=S) groups is 1. The Morgan fingerprint density at radius 1 is 1.00 bits per heavy atom. The molecule has 3 rings (SSSR count). The van der Waals surface area contributed by atoms with Crippen LogP contribution < -0.4 is 24.8 Å². The molecule has 0 saturated carbocycles. The van der Waals surface area contributed by atoms with Crippen molar-refractivity contribution in [1.29, 1.82) is 0 Å². The molecule has 3 aromatic carbocycles. The molecule has 6 nitrogen and oxygen atoms in total. The van der Waals surface area contributed by atoms with Crippen molar-refractivity contribution in [2.45, 2.75) is 13.0 Å². The molecule has 34 heavy (non-hydrogen) atoms. The van der Waals surface area contributed by atoms with Crippen LogP contribution in [0.25, 0.3) is 0 Å². The summed E-state index contributed by atoms with van der Waals surface area (Å²) in [7, 11) is 3.09. The number of nitrogens with one attached hydrogen (secondary N) is 2. The standard InChI is InChI=1S/C25H24BrClN2O4S/c1-31-22-13-18(20(27)14-23(22)32-2)15-28-25(34)29-24(30)17-8-9-21(19(26)12-17)33-11-10-16-6-4-3-5-7-16/h3-9,12-14H,10-11,15H2,1-2H3,(H2,28,29,30,34). The molecule has 0 saturated heterocycles. The third-order valence-corrected chi connectivity index (χ3v) is 6.12. The zero-order valence-corrected chi connectivity index (χ0v) is 21.9. The first kappa shape index (κ1) is 25.8. The molecule has 2 N–H and O–H groups in total. The number of halogens is 2. The van der Waals surface area contributed by atoms with Gasteiger partial charge in [-0.1, -0.05) is 41.9 Å². The van der Waals surface area contributed by atoms with Gasteiger partial charge in [0, 0.05) is 29.6 Å². The molecule has 0 atom stereocenters. The number of carbonyl (C=O) groups is 1. The average Bonchev–Trinajstić information content (AvgIpc) is 2.84. The van der Waals surface area contributed by atoms with E-state index in [1.807, 2.05) is 18.2 Å². The van der Waals surface area contributed by atoms with Gasteiger partial charge in [0.05, 0.1) is 25.3 Å². The molecular weight excluding hydrogens is 540 g/mol. The van der Waals surface area contributed by atoms with Crippen LogP contribution in [0.4, 0.5) is 0 Å². The van der Waals surface area contributed by atoms with Gasteiger partial charge in [-0.2, -0.15) is 0 Å². The van der Waals surface area contributed by atoms with Crippen LogP contribution in [0.5, 0.6) is 17.2 Å². The van der Waals surface area contributed by atoms with Crippen molar-refractivity contribution in [3.63, 3.8) is 0 Å². The minimum absolute atomic E-state index is 0.176. The Kier molecular flexibility index (Phi) is 9.56. The molecule has 0 heterocycles. The van der Waals surface area contributed by atoms with Crippen LogP contribution in [0.2, 0.25) is 5.02 Å². The van der Waals surface area contributed by atoms with Gasteiger partial charge < -0.3 is 19.5 Å². The van der Waals surface area contributed by atoms with Crippen molar-refractivity contribution in [1.82, 2.24) is 10.6 Å². The third kappa shape index (κ3) is 7.09. The monoisotopic (exact) mass is 562 g/mol. The molecule has 9 heteroatoms. The summed E-state index contributed by atoms with van der Waals surface area (Å²) in [6, 6.07) is 18.7. The van der Waals surface area contributed by atoms with Crippen molar-refractivity contribution in [2.75, 3.05) is 20.8 Å². The number of hydrogen-bond donors (Lipinski definition) is 2. The summed E-state index contributed by atoms with van der Waals surface area (Å²) in [4.78, 5) is 12.6. The quantitative estimate of drug-likeness (QED) is 0.333. The molecule has 0 aliphatic carbocycles. The highest BCUT2D eigenvalue weighted by Gasteiger charge is 2.13. The van der Waals surface area contributed by atoms with Crippen LogP contribution in [0.1, 0.15) is 21.5 Å². The maximum atomic E-state index is 12.6. The van der Waals surface area contributed by atoms with Crippen molar-refractivity contribution >= 4 is 50.8 Å². The van der Waals surface area contributed by atoms with Crippen molar-refractivity contribution < 1.29 is 19.0 Å². The maximum Gasteiger partial charge on any atom is 0.257 e. The van der Waals surface area contributed by atoms with Gasteiger partial charge in [0.2, 0.25) is 0 Å². The first-order valence-corrected chi connectivity index (χ1v) is 11.9. The van der Waals surface area contributed by atoms with Gasteiger partial charge in [0.1, 0.15) is 5.75 Å². The molecule has 0 unspecified atom stereocenters. The molecule has 0 aliphatic rings. The molecule has 3 aromatic rings. The Balaban J connectivity index is 1.53. The van der Waals surface area contributed by atoms with Crippen LogP contribution >= 0.6 is 39.7 Å². The molecule has 178 valence electrons.